The summed E-state index contributed by atoms with van der Waals surface area (Å²) in [5.74, 6) is 0.176. The van der Waals surface area contributed by atoms with E-state index in [0.29, 0.717) is 13.0 Å². The number of hydrogen-bond acceptors (Lipinski definition) is 3. The van der Waals surface area contributed by atoms with Crippen LogP contribution in [0.15, 0.2) is 72.8 Å². The average molecular weight is 403 g/mol. The summed E-state index contributed by atoms with van der Waals surface area (Å²) >= 11 is 0. The van der Waals surface area contributed by atoms with Crippen molar-refractivity contribution in [3.05, 3.63) is 83.9 Å². The second-order valence-corrected chi connectivity index (χ2v) is 8.13. The molecule has 0 aliphatic carbocycles. The van der Waals surface area contributed by atoms with Crippen LogP contribution in [-0.4, -0.2) is 54.6 Å². The molecule has 1 aliphatic rings. The molecule has 1 fully saturated rings. The third-order valence-corrected chi connectivity index (χ3v) is 5.84. The Morgan fingerprint density at radius 3 is 2.40 bits per heavy atom. The minimum atomic E-state index is 0.135. The van der Waals surface area contributed by atoms with Crippen molar-refractivity contribution < 1.29 is 9.53 Å². The SMILES string of the molecule is CC(CN1CCOCC1)N(Cc1ccccc1)C(=O)Cc1ccc2ccccc2c1. The highest BCUT2D eigenvalue weighted by molar-refractivity contribution is 5.85. The van der Waals surface area contributed by atoms with E-state index in [1.165, 1.54) is 10.8 Å². The molecule has 3 aromatic carbocycles. The number of carbonyl (C=O) groups excluding carboxylic acids is 1. The predicted molar refractivity (Wildman–Crippen MR) is 121 cm³/mol. The number of benzene rings is 3. The van der Waals surface area contributed by atoms with Gasteiger partial charge in [-0.2, -0.15) is 0 Å². The molecule has 4 rings (SSSR count). The Labute approximate surface area is 179 Å². The highest BCUT2D eigenvalue weighted by atomic mass is 16.5. The molecule has 1 atom stereocenters. The monoisotopic (exact) mass is 402 g/mol. The smallest absolute Gasteiger partial charge is 0.227 e. The highest BCUT2D eigenvalue weighted by Gasteiger charge is 2.23. The van der Waals surface area contributed by atoms with Crippen molar-refractivity contribution in [1.82, 2.24) is 9.80 Å². The minimum Gasteiger partial charge on any atom is -0.379 e. The second kappa shape index (κ2) is 9.88. The van der Waals surface area contributed by atoms with Crippen LogP contribution in [0, 0.1) is 0 Å². The summed E-state index contributed by atoms with van der Waals surface area (Å²) in [5, 5.41) is 2.38. The third-order valence-electron chi connectivity index (χ3n) is 5.84. The predicted octanol–water partition coefficient (Wildman–Crippen LogP) is 4.13. The molecule has 3 aromatic rings. The average Bonchev–Trinajstić information content (AvgIpc) is 2.78. The molecule has 0 radical (unpaired) electrons. The number of hydrogen-bond donors (Lipinski definition) is 0. The topological polar surface area (TPSA) is 32.8 Å². The van der Waals surface area contributed by atoms with Crippen LogP contribution in [0.25, 0.3) is 10.8 Å². The van der Waals surface area contributed by atoms with Crippen LogP contribution in [0.1, 0.15) is 18.1 Å². The van der Waals surface area contributed by atoms with Crippen LogP contribution < -0.4 is 0 Å². The molecular formula is C26H30N2O2. The summed E-state index contributed by atoms with van der Waals surface area (Å²) < 4.78 is 5.48. The molecule has 1 amide bonds. The van der Waals surface area contributed by atoms with E-state index in [0.717, 1.165) is 44.0 Å². The van der Waals surface area contributed by atoms with Gasteiger partial charge in [-0.3, -0.25) is 9.69 Å². The molecule has 30 heavy (non-hydrogen) atoms. The number of amides is 1. The molecule has 0 saturated carbocycles. The largest absolute Gasteiger partial charge is 0.379 e. The second-order valence-electron chi connectivity index (χ2n) is 8.13. The molecule has 1 aliphatic heterocycles. The van der Waals surface area contributed by atoms with Gasteiger partial charge in [0.25, 0.3) is 0 Å². The van der Waals surface area contributed by atoms with Crippen LogP contribution in [0.5, 0.6) is 0 Å². The van der Waals surface area contributed by atoms with Crippen LogP contribution in [-0.2, 0) is 22.5 Å². The van der Waals surface area contributed by atoms with E-state index in [1.807, 2.05) is 35.2 Å². The fourth-order valence-corrected chi connectivity index (χ4v) is 4.15. The van der Waals surface area contributed by atoms with Gasteiger partial charge < -0.3 is 9.64 Å². The lowest BCUT2D eigenvalue weighted by atomic mass is 10.0. The molecule has 1 saturated heterocycles. The molecule has 0 spiro atoms. The standard InChI is InChI=1S/C26H30N2O2/c1-21(19-27-13-15-30-16-14-27)28(20-22-7-3-2-4-8-22)26(29)18-23-11-12-24-9-5-6-10-25(24)17-23/h2-12,17,21H,13-16,18-20H2,1H3. The van der Waals surface area contributed by atoms with E-state index < -0.39 is 0 Å². The highest BCUT2D eigenvalue weighted by Crippen LogP contribution is 2.18. The lowest BCUT2D eigenvalue weighted by Gasteiger charge is -2.35. The zero-order valence-electron chi connectivity index (χ0n) is 17.7. The van der Waals surface area contributed by atoms with Gasteiger partial charge >= 0.3 is 0 Å². The first-order chi connectivity index (χ1) is 14.7. The van der Waals surface area contributed by atoms with E-state index in [-0.39, 0.29) is 11.9 Å². The van der Waals surface area contributed by atoms with Gasteiger partial charge in [-0.25, -0.2) is 0 Å². The van der Waals surface area contributed by atoms with Crippen molar-refractivity contribution in [2.75, 3.05) is 32.8 Å². The summed E-state index contributed by atoms with van der Waals surface area (Å²) in [6, 6.07) is 25.0. The van der Waals surface area contributed by atoms with Crippen LogP contribution in [0.2, 0.25) is 0 Å². The molecule has 4 heteroatoms. The maximum atomic E-state index is 13.4. The maximum Gasteiger partial charge on any atom is 0.227 e. The molecule has 1 unspecified atom stereocenters. The van der Waals surface area contributed by atoms with Crippen LogP contribution >= 0.6 is 0 Å². The summed E-state index contributed by atoms with van der Waals surface area (Å²) in [7, 11) is 0. The Bertz CT molecular complexity index is 967. The van der Waals surface area contributed by atoms with Gasteiger partial charge in [0.1, 0.15) is 0 Å². The van der Waals surface area contributed by atoms with Crippen molar-refractivity contribution in [2.24, 2.45) is 0 Å². The maximum absolute atomic E-state index is 13.4. The first-order valence-electron chi connectivity index (χ1n) is 10.8. The normalized spacial score (nSPS) is 15.8. The van der Waals surface area contributed by atoms with E-state index >= 15 is 0 Å². The van der Waals surface area contributed by atoms with Crippen molar-refractivity contribution in [3.8, 4) is 0 Å². The van der Waals surface area contributed by atoms with Crippen molar-refractivity contribution in [2.45, 2.75) is 25.9 Å². The van der Waals surface area contributed by atoms with E-state index in [2.05, 4.69) is 54.3 Å². The van der Waals surface area contributed by atoms with E-state index in [9.17, 15) is 4.79 Å². The van der Waals surface area contributed by atoms with Gasteiger partial charge in [-0.15, -0.1) is 0 Å². The zero-order valence-corrected chi connectivity index (χ0v) is 17.7. The van der Waals surface area contributed by atoms with Crippen molar-refractivity contribution in [1.29, 1.82) is 0 Å². The Hall–Kier alpha value is -2.69. The van der Waals surface area contributed by atoms with E-state index in [1.54, 1.807) is 0 Å². The van der Waals surface area contributed by atoms with Gasteiger partial charge in [0.2, 0.25) is 5.91 Å². The van der Waals surface area contributed by atoms with Crippen molar-refractivity contribution in [3.63, 3.8) is 0 Å². The number of morpholine rings is 1. The van der Waals surface area contributed by atoms with Gasteiger partial charge in [-0.05, 0) is 28.8 Å². The van der Waals surface area contributed by atoms with Crippen LogP contribution in [0.4, 0.5) is 0 Å². The minimum absolute atomic E-state index is 0.135. The molecule has 1 heterocycles. The Balaban J connectivity index is 1.51. The fourth-order valence-electron chi connectivity index (χ4n) is 4.15. The summed E-state index contributed by atoms with van der Waals surface area (Å²) in [6.45, 7) is 7.09. The van der Waals surface area contributed by atoms with Crippen molar-refractivity contribution >= 4 is 16.7 Å². The Kier molecular flexibility index (Phi) is 6.77. The van der Waals surface area contributed by atoms with Gasteiger partial charge in [0, 0.05) is 32.2 Å². The number of carbonyl (C=O) groups is 1. The van der Waals surface area contributed by atoms with Gasteiger partial charge in [-0.1, -0.05) is 72.8 Å². The molecule has 156 valence electrons. The van der Waals surface area contributed by atoms with Gasteiger partial charge in [0.05, 0.1) is 19.6 Å². The Morgan fingerprint density at radius 1 is 0.933 bits per heavy atom. The fraction of sp³-hybridized carbons (Fsp3) is 0.346. The number of ether oxygens (including phenoxy) is 1. The van der Waals surface area contributed by atoms with Crippen LogP contribution in [0.3, 0.4) is 0 Å². The quantitative estimate of drug-likeness (QED) is 0.596. The number of fused-ring (bicyclic) bond motifs is 1. The first-order valence-corrected chi connectivity index (χ1v) is 10.8. The zero-order chi connectivity index (χ0) is 20.8. The molecule has 0 bridgehead atoms. The third kappa shape index (κ3) is 5.26. The number of rotatable bonds is 7. The summed E-state index contributed by atoms with van der Waals surface area (Å²) in [4.78, 5) is 17.9. The summed E-state index contributed by atoms with van der Waals surface area (Å²) in [5.41, 5.74) is 2.23. The Morgan fingerprint density at radius 2 is 1.63 bits per heavy atom. The van der Waals surface area contributed by atoms with Gasteiger partial charge in [0.15, 0.2) is 0 Å². The van der Waals surface area contributed by atoms with E-state index in [4.69, 9.17) is 4.74 Å². The lowest BCUT2D eigenvalue weighted by molar-refractivity contribution is -0.133. The molecule has 0 aromatic heterocycles. The summed E-state index contributed by atoms with van der Waals surface area (Å²) in [6.07, 6.45) is 0.422. The first kappa shape index (κ1) is 20.6. The molecule has 0 N–H and O–H groups in total. The number of nitrogens with zero attached hydrogens (tertiary/aromatic N) is 2. The lowest BCUT2D eigenvalue weighted by Crippen LogP contribution is -2.48. The molecule has 4 nitrogen and oxygen atoms in total. The molecular weight excluding hydrogens is 372 g/mol.